The lowest BCUT2D eigenvalue weighted by molar-refractivity contribution is -0.132. The molecule has 3 aromatic rings. The number of nitrogens with one attached hydrogen (secondary N) is 4. The molecule has 0 bridgehead atoms. The van der Waals surface area contributed by atoms with Gasteiger partial charge in [0, 0.05) is 23.5 Å². The van der Waals surface area contributed by atoms with Gasteiger partial charge in [0.1, 0.15) is 18.4 Å². The highest BCUT2D eigenvalue weighted by atomic mass is 16.2. The number of benzene rings is 2. The maximum atomic E-state index is 13.4. The summed E-state index contributed by atoms with van der Waals surface area (Å²) in [5.41, 5.74) is 14.0. The summed E-state index contributed by atoms with van der Waals surface area (Å²) in [4.78, 5) is 54.6. The number of H-pyrrole nitrogens is 1. The van der Waals surface area contributed by atoms with Crippen LogP contribution in [0.5, 0.6) is 0 Å². The first-order chi connectivity index (χ1) is 19.9. The zero-order chi connectivity index (χ0) is 29.5. The molecule has 10 nitrogen and oxygen atoms in total. The van der Waals surface area contributed by atoms with Crippen molar-refractivity contribution >= 4 is 34.9 Å². The number of unbranched alkanes of at least 4 members (excludes halogenated alkanes) is 2. The standard InChI is InChI=1S/C31H42N6O4/c32-16-8-6-14-27(36-29(39)18-22-10-2-1-3-11-22)31(41)37-28(15-7-9-17-33)30(40)35-24(21-38)19-23-20-34-26-13-5-4-12-25(23)26/h1-5,10-13,20-21,24,27-28,34H,6-9,14-19,32-33H2,(H,35,40)(H,36,39)(H,37,41)/t24-,27-,28-/m0/s1. The highest BCUT2D eigenvalue weighted by Gasteiger charge is 2.28. The molecule has 1 heterocycles. The van der Waals surface area contributed by atoms with E-state index in [0.717, 1.165) is 22.0 Å². The third-order valence-corrected chi connectivity index (χ3v) is 6.99. The molecule has 41 heavy (non-hydrogen) atoms. The average molecular weight is 563 g/mol. The van der Waals surface area contributed by atoms with Crippen LogP contribution in [0.3, 0.4) is 0 Å². The highest BCUT2D eigenvalue weighted by molar-refractivity contribution is 5.93. The second-order valence-corrected chi connectivity index (χ2v) is 10.2. The van der Waals surface area contributed by atoms with Crippen LogP contribution in [0.1, 0.15) is 49.7 Å². The van der Waals surface area contributed by atoms with E-state index < -0.39 is 29.9 Å². The quantitative estimate of drug-likeness (QED) is 0.102. The third kappa shape index (κ3) is 10.1. The summed E-state index contributed by atoms with van der Waals surface area (Å²) in [7, 11) is 0. The number of hydrogen-bond acceptors (Lipinski definition) is 6. The number of hydrogen-bond donors (Lipinski definition) is 6. The Balaban J connectivity index is 1.68. The molecular weight excluding hydrogens is 520 g/mol. The molecule has 2 aromatic carbocycles. The van der Waals surface area contributed by atoms with Gasteiger partial charge in [-0.15, -0.1) is 0 Å². The molecule has 10 heteroatoms. The zero-order valence-electron chi connectivity index (χ0n) is 23.4. The van der Waals surface area contributed by atoms with Crippen LogP contribution in [0.15, 0.2) is 60.8 Å². The molecule has 3 amide bonds. The van der Waals surface area contributed by atoms with Crippen molar-refractivity contribution in [2.24, 2.45) is 11.5 Å². The van der Waals surface area contributed by atoms with Crippen LogP contribution in [0.2, 0.25) is 0 Å². The number of nitrogens with two attached hydrogens (primary N) is 2. The maximum absolute atomic E-state index is 13.4. The fourth-order valence-electron chi connectivity index (χ4n) is 4.78. The normalized spacial score (nSPS) is 13.2. The predicted molar refractivity (Wildman–Crippen MR) is 160 cm³/mol. The van der Waals surface area contributed by atoms with Gasteiger partial charge in [0.15, 0.2) is 0 Å². The predicted octanol–water partition coefficient (Wildman–Crippen LogP) is 1.86. The number of aromatic amines is 1. The fourth-order valence-corrected chi connectivity index (χ4v) is 4.78. The minimum absolute atomic E-state index is 0.136. The Morgan fingerprint density at radius 2 is 1.39 bits per heavy atom. The van der Waals surface area contributed by atoms with E-state index in [1.54, 1.807) is 0 Å². The smallest absolute Gasteiger partial charge is 0.243 e. The molecule has 0 saturated carbocycles. The molecule has 1 aromatic heterocycles. The minimum atomic E-state index is -0.887. The molecule has 0 aliphatic rings. The molecule has 0 aliphatic heterocycles. The van der Waals surface area contributed by atoms with Crippen LogP contribution in [0.4, 0.5) is 0 Å². The van der Waals surface area contributed by atoms with Gasteiger partial charge in [0.25, 0.3) is 0 Å². The summed E-state index contributed by atoms with van der Waals surface area (Å²) < 4.78 is 0. The number of para-hydroxylation sites is 1. The van der Waals surface area contributed by atoms with Gasteiger partial charge in [-0.05, 0) is 68.8 Å². The Labute approximate surface area is 241 Å². The van der Waals surface area contributed by atoms with Crippen LogP contribution in [-0.2, 0) is 32.0 Å². The minimum Gasteiger partial charge on any atom is -0.361 e. The van der Waals surface area contributed by atoms with Gasteiger partial charge in [-0.25, -0.2) is 0 Å². The average Bonchev–Trinajstić information content (AvgIpc) is 3.39. The second-order valence-electron chi connectivity index (χ2n) is 10.2. The highest BCUT2D eigenvalue weighted by Crippen LogP contribution is 2.19. The van der Waals surface area contributed by atoms with Crippen molar-refractivity contribution in [2.75, 3.05) is 13.1 Å². The number of rotatable bonds is 18. The van der Waals surface area contributed by atoms with Gasteiger partial charge >= 0.3 is 0 Å². The topological polar surface area (TPSA) is 172 Å². The van der Waals surface area contributed by atoms with Crippen LogP contribution >= 0.6 is 0 Å². The zero-order valence-corrected chi connectivity index (χ0v) is 23.4. The molecule has 0 spiro atoms. The van der Waals surface area contributed by atoms with E-state index >= 15 is 0 Å². The van der Waals surface area contributed by atoms with Crippen LogP contribution < -0.4 is 27.4 Å². The van der Waals surface area contributed by atoms with E-state index in [4.69, 9.17) is 11.5 Å². The first kappa shape index (κ1) is 31.5. The van der Waals surface area contributed by atoms with Crippen LogP contribution in [0, 0.1) is 0 Å². The Morgan fingerprint density at radius 3 is 2.05 bits per heavy atom. The number of carbonyl (C=O) groups is 4. The molecule has 3 rings (SSSR count). The van der Waals surface area contributed by atoms with Crippen LogP contribution in [0.25, 0.3) is 10.9 Å². The monoisotopic (exact) mass is 562 g/mol. The van der Waals surface area contributed by atoms with E-state index in [-0.39, 0.29) is 12.3 Å². The maximum Gasteiger partial charge on any atom is 0.243 e. The number of aromatic nitrogens is 1. The van der Waals surface area contributed by atoms with Crippen molar-refractivity contribution in [1.82, 2.24) is 20.9 Å². The largest absolute Gasteiger partial charge is 0.361 e. The lowest BCUT2D eigenvalue weighted by Gasteiger charge is -2.24. The molecule has 0 saturated heterocycles. The van der Waals surface area contributed by atoms with Gasteiger partial charge < -0.3 is 37.2 Å². The van der Waals surface area contributed by atoms with Crippen molar-refractivity contribution in [3.05, 3.63) is 71.9 Å². The van der Waals surface area contributed by atoms with E-state index in [1.807, 2.05) is 60.8 Å². The van der Waals surface area contributed by atoms with Crippen molar-refractivity contribution < 1.29 is 19.2 Å². The van der Waals surface area contributed by atoms with Crippen molar-refractivity contribution in [3.8, 4) is 0 Å². The van der Waals surface area contributed by atoms with E-state index in [2.05, 4.69) is 20.9 Å². The van der Waals surface area contributed by atoms with E-state index in [0.29, 0.717) is 64.3 Å². The first-order valence-electron chi connectivity index (χ1n) is 14.3. The van der Waals surface area contributed by atoms with Crippen molar-refractivity contribution in [2.45, 2.75) is 69.5 Å². The Kier molecular flexibility index (Phi) is 13.0. The summed E-state index contributed by atoms with van der Waals surface area (Å²) in [6.45, 7) is 0.928. The Morgan fingerprint density at radius 1 is 0.780 bits per heavy atom. The molecule has 220 valence electrons. The van der Waals surface area contributed by atoms with Gasteiger partial charge in [0.2, 0.25) is 17.7 Å². The van der Waals surface area contributed by atoms with E-state index in [1.165, 1.54) is 0 Å². The summed E-state index contributed by atoms with van der Waals surface area (Å²) in [6, 6.07) is 14.5. The van der Waals surface area contributed by atoms with Gasteiger partial charge in [-0.1, -0.05) is 48.5 Å². The molecule has 0 fully saturated rings. The fraction of sp³-hybridized carbons (Fsp3) is 0.419. The number of aldehydes is 1. The summed E-state index contributed by atoms with van der Waals surface area (Å²) in [5, 5.41) is 9.44. The Bertz CT molecular complexity index is 1260. The molecule has 0 radical (unpaired) electrons. The summed E-state index contributed by atoms with van der Waals surface area (Å²) >= 11 is 0. The number of fused-ring (bicyclic) bond motifs is 1. The molecule has 0 aliphatic carbocycles. The molecule has 0 unspecified atom stereocenters. The molecule has 8 N–H and O–H groups in total. The van der Waals surface area contributed by atoms with Crippen LogP contribution in [-0.4, -0.2) is 60.2 Å². The number of carbonyl (C=O) groups excluding carboxylic acids is 4. The molecule has 3 atom stereocenters. The lowest BCUT2D eigenvalue weighted by Crippen LogP contribution is -2.55. The van der Waals surface area contributed by atoms with Gasteiger partial charge in [-0.2, -0.15) is 0 Å². The SMILES string of the molecule is NCCCC[C@H](NC(=O)Cc1ccccc1)C(=O)N[C@@H](CCCCN)C(=O)N[C@H](C=O)Cc1c[nH]c2ccccc12. The van der Waals surface area contributed by atoms with Gasteiger partial charge in [0.05, 0.1) is 12.5 Å². The third-order valence-electron chi connectivity index (χ3n) is 6.99. The Hall–Kier alpha value is -4.02. The van der Waals surface area contributed by atoms with Crippen molar-refractivity contribution in [1.29, 1.82) is 0 Å². The van der Waals surface area contributed by atoms with E-state index in [9.17, 15) is 19.2 Å². The van der Waals surface area contributed by atoms with Gasteiger partial charge in [-0.3, -0.25) is 14.4 Å². The van der Waals surface area contributed by atoms with Crippen molar-refractivity contribution in [3.63, 3.8) is 0 Å². The summed E-state index contributed by atoms with van der Waals surface area (Å²) in [6.07, 6.45) is 6.35. The lowest BCUT2D eigenvalue weighted by atomic mass is 10.0. The second kappa shape index (κ2) is 16.9. The summed E-state index contributed by atoms with van der Waals surface area (Å²) in [5.74, 6) is -1.19. The molecular formula is C31H42N6O4. The number of amides is 3. The first-order valence-corrected chi connectivity index (χ1v) is 14.3.